The van der Waals surface area contributed by atoms with E-state index in [1.54, 1.807) is 19.1 Å². The van der Waals surface area contributed by atoms with Gasteiger partial charge >= 0.3 is 0 Å². The van der Waals surface area contributed by atoms with Gasteiger partial charge in [0.1, 0.15) is 0 Å². The van der Waals surface area contributed by atoms with Crippen LogP contribution in [0.1, 0.15) is 39.0 Å². The minimum atomic E-state index is -0.850. The number of hydrogen-bond acceptors (Lipinski definition) is 3. The van der Waals surface area contributed by atoms with Crippen LogP contribution in [0, 0.1) is 5.82 Å². The fraction of sp³-hybridized carbons (Fsp3) is 0.500. The molecule has 1 saturated carbocycles. The average molecular weight is 339 g/mol. The molecule has 1 aliphatic carbocycles. The Morgan fingerprint density at radius 2 is 1.96 bits per heavy atom. The summed E-state index contributed by atoms with van der Waals surface area (Å²) in [6.07, 6.45) is 4.97. The van der Waals surface area contributed by atoms with Gasteiger partial charge in [0.2, 0.25) is 0 Å². The fourth-order valence-electron chi connectivity index (χ4n) is 2.47. The number of halogens is 1. The fourth-order valence-corrected chi connectivity index (χ4v) is 2.69. The van der Waals surface area contributed by atoms with Gasteiger partial charge in [0.25, 0.3) is 5.91 Å². The largest absolute Gasteiger partial charge is 0.478 e. The van der Waals surface area contributed by atoms with E-state index in [0.29, 0.717) is 11.2 Å². The molecule has 0 heterocycles. The summed E-state index contributed by atoms with van der Waals surface area (Å²) in [6, 6.07) is 6.31. The minimum absolute atomic E-state index is 0.0399. The third-order valence-corrected chi connectivity index (χ3v) is 3.97. The molecule has 0 spiro atoms. The topological polar surface area (TPSA) is 62.4 Å². The van der Waals surface area contributed by atoms with Crippen LogP contribution < -0.4 is 20.9 Å². The van der Waals surface area contributed by atoms with E-state index < -0.39 is 17.8 Å². The van der Waals surface area contributed by atoms with Gasteiger partial charge in [-0.15, -0.1) is 0 Å². The van der Waals surface area contributed by atoms with Crippen LogP contribution in [0.2, 0.25) is 0 Å². The Hall–Kier alpha value is -1.89. The summed E-state index contributed by atoms with van der Waals surface area (Å²) in [5, 5.41) is 3.55. The lowest BCUT2D eigenvalue weighted by Gasteiger charge is -2.24. The highest BCUT2D eigenvalue weighted by molar-refractivity contribution is 7.80. The number of rotatable bonds is 4. The molecule has 0 radical (unpaired) electrons. The Morgan fingerprint density at radius 1 is 1.26 bits per heavy atom. The quantitative estimate of drug-likeness (QED) is 0.581. The molecule has 0 bridgehead atoms. The number of amides is 1. The standard InChI is InChI=1S/C16H22FN3O2S/c1-11(22-14-10-6-5-9-13(14)17)15(21)19-20-16(23)18-12-7-3-2-4-8-12/h5-6,9-12H,2-4,7-8H2,1H3,(H,19,21)(H2,18,20,23)/t11-/m0/s1. The van der Waals surface area contributed by atoms with Crippen LogP contribution in [0.3, 0.4) is 0 Å². The smallest absolute Gasteiger partial charge is 0.279 e. The maximum Gasteiger partial charge on any atom is 0.279 e. The predicted molar refractivity (Wildman–Crippen MR) is 90.4 cm³/mol. The molecule has 23 heavy (non-hydrogen) atoms. The van der Waals surface area contributed by atoms with E-state index in [1.807, 2.05) is 0 Å². The molecule has 2 rings (SSSR count). The number of benzene rings is 1. The zero-order valence-corrected chi connectivity index (χ0v) is 13.9. The minimum Gasteiger partial charge on any atom is -0.478 e. The number of nitrogens with one attached hydrogen (secondary N) is 3. The number of hydrogen-bond donors (Lipinski definition) is 3. The van der Waals surface area contributed by atoms with Crippen LogP contribution in [0.5, 0.6) is 5.75 Å². The van der Waals surface area contributed by atoms with Crippen molar-refractivity contribution < 1.29 is 13.9 Å². The Balaban J connectivity index is 1.73. The predicted octanol–water partition coefficient (Wildman–Crippen LogP) is 2.42. The number of hydrazine groups is 1. The van der Waals surface area contributed by atoms with Crippen molar-refractivity contribution in [3.8, 4) is 5.75 Å². The number of para-hydroxylation sites is 1. The van der Waals surface area contributed by atoms with Crippen LogP contribution >= 0.6 is 12.2 Å². The van der Waals surface area contributed by atoms with Crippen molar-refractivity contribution in [2.45, 2.75) is 51.2 Å². The molecular weight excluding hydrogens is 317 g/mol. The molecule has 0 saturated heterocycles. The molecule has 1 aliphatic rings. The Bertz CT molecular complexity index is 550. The van der Waals surface area contributed by atoms with E-state index in [2.05, 4.69) is 16.2 Å². The first-order valence-electron chi connectivity index (χ1n) is 7.84. The van der Waals surface area contributed by atoms with Crippen molar-refractivity contribution in [1.82, 2.24) is 16.2 Å². The van der Waals surface area contributed by atoms with Gasteiger partial charge in [-0.05, 0) is 44.1 Å². The molecule has 3 N–H and O–H groups in total. The van der Waals surface area contributed by atoms with Crippen LogP contribution in [0.25, 0.3) is 0 Å². The molecule has 1 fully saturated rings. The number of ether oxygens (including phenoxy) is 1. The third kappa shape index (κ3) is 5.67. The van der Waals surface area contributed by atoms with E-state index in [1.165, 1.54) is 31.4 Å². The van der Waals surface area contributed by atoms with Crippen molar-refractivity contribution in [3.05, 3.63) is 30.1 Å². The van der Waals surface area contributed by atoms with Crippen molar-refractivity contribution in [2.24, 2.45) is 0 Å². The Morgan fingerprint density at radius 3 is 2.65 bits per heavy atom. The van der Waals surface area contributed by atoms with Crippen LogP contribution in [0.4, 0.5) is 4.39 Å². The van der Waals surface area contributed by atoms with Gasteiger partial charge in [-0.2, -0.15) is 0 Å². The first-order valence-corrected chi connectivity index (χ1v) is 8.24. The summed E-state index contributed by atoms with van der Waals surface area (Å²) in [5.41, 5.74) is 5.13. The maximum atomic E-state index is 13.5. The van der Waals surface area contributed by atoms with Crippen molar-refractivity contribution in [3.63, 3.8) is 0 Å². The van der Waals surface area contributed by atoms with E-state index in [4.69, 9.17) is 17.0 Å². The van der Waals surface area contributed by atoms with Crippen molar-refractivity contribution >= 4 is 23.2 Å². The molecule has 126 valence electrons. The molecule has 1 amide bonds. The second-order valence-corrected chi connectivity index (χ2v) is 6.02. The molecule has 1 aromatic carbocycles. The van der Waals surface area contributed by atoms with Gasteiger partial charge in [0.05, 0.1) is 0 Å². The molecule has 7 heteroatoms. The van der Waals surface area contributed by atoms with Crippen LogP contribution in [0.15, 0.2) is 24.3 Å². The summed E-state index contributed by atoms with van der Waals surface area (Å²) < 4.78 is 18.8. The second-order valence-electron chi connectivity index (χ2n) is 5.61. The van der Waals surface area contributed by atoms with Gasteiger partial charge in [-0.25, -0.2) is 4.39 Å². The summed E-state index contributed by atoms with van der Waals surface area (Å²) in [4.78, 5) is 11.9. The van der Waals surface area contributed by atoms with Gasteiger partial charge in [-0.1, -0.05) is 31.4 Å². The van der Waals surface area contributed by atoms with E-state index in [0.717, 1.165) is 12.8 Å². The second kappa shape index (κ2) is 8.67. The van der Waals surface area contributed by atoms with Gasteiger partial charge in [-0.3, -0.25) is 15.6 Å². The number of carbonyl (C=O) groups is 1. The SMILES string of the molecule is C[C@H](Oc1ccccc1F)C(=O)NNC(=S)NC1CCCCC1. The zero-order valence-electron chi connectivity index (χ0n) is 13.1. The normalized spacial score (nSPS) is 16.3. The zero-order chi connectivity index (χ0) is 16.7. The summed E-state index contributed by atoms with van der Waals surface area (Å²) in [5.74, 6) is -0.895. The molecule has 5 nitrogen and oxygen atoms in total. The monoisotopic (exact) mass is 339 g/mol. The van der Waals surface area contributed by atoms with E-state index >= 15 is 0 Å². The first kappa shape index (κ1) is 17.5. The molecule has 0 aromatic heterocycles. The van der Waals surface area contributed by atoms with E-state index in [-0.39, 0.29) is 5.75 Å². The molecule has 1 atom stereocenters. The van der Waals surface area contributed by atoms with Gasteiger partial charge in [0.15, 0.2) is 22.8 Å². The lowest BCUT2D eigenvalue weighted by Crippen LogP contribution is -2.52. The van der Waals surface area contributed by atoms with Crippen LogP contribution in [-0.4, -0.2) is 23.2 Å². The van der Waals surface area contributed by atoms with Crippen molar-refractivity contribution in [1.29, 1.82) is 0 Å². The summed E-state index contributed by atoms with van der Waals surface area (Å²) in [6.45, 7) is 1.54. The van der Waals surface area contributed by atoms with Gasteiger partial charge < -0.3 is 10.1 Å². The number of carbonyl (C=O) groups excluding carboxylic acids is 1. The molecular formula is C16H22FN3O2S. The highest BCUT2D eigenvalue weighted by atomic mass is 32.1. The highest BCUT2D eigenvalue weighted by Gasteiger charge is 2.18. The first-order chi connectivity index (χ1) is 11.1. The molecule has 0 unspecified atom stereocenters. The third-order valence-electron chi connectivity index (χ3n) is 3.75. The number of thiocarbonyl (C=S) groups is 1. The van der Waals surface area contributed by atoms with Crippen LogP contribution in [-0.2, 0) is 4.79 Å². The highest BCUT2D eigenvalue weighted by Crippen LogP contribution is 2.17. The molecule has 1 aromatic rings. The van der Waals surface area contributed by atoms with Gasteiger partial charge in [0, 0.05) is 6.04 Å². The van der Waals surface area contributed by atoms with Crippen molar-refractivity contribution in [2.75, 3.05) is 0 Å². The lowest BCUT2D eigenvalue weighted by molar-refractivity contribution is -0.127. The summed E-state index contributed by atoms with van der Waals surface area (Å²) >= 11 is 5.15. The molecule has 0 aliphatic heterocycles. The summed E-state index contributed by atoms with van der Waals surface area (Å²) in [7, 11) is 0. The average Bonchev–Trinajstić information content (AvgIpc) is 2.55. The Kier molecular flexibility index (Phi) is 6.58. The maximum absolute atomic E-state index is 13.5. The lowest BCUT2D eigenvalue weighted by atomic mass is 9.96. The van der Waals surface area contributed by atoms with E-state index in [9.17, 15) is 9.18 Å². The Labute approximate surface area is 140 Å².